The van der Waals surface area contributed by atoms with Crippen molar-refractivity contribution in [1.82, 2.24) is 4.90 Å². The second-order valence-electron chi connectivity index (χ2n) is 4.64. The predicted molar refractivity (Wildman–Crippen MR) is 69.3 cm³/mol. The van der Waals surface area contributed by atoms with Crippen molar-refractivity contribution in [3.05, 3.63) is 33.9 Å². The number of likely N-dealkylation sites (N-methyl/N-ethyl adjacent to an activating group) is 1. The molecule has 2 rings (SSSR count). The van der Waals surface area contributed by atoms with Gasteiger partial charge in [0.2, 0.25) is 5.91 Å². The van der Waals surface area contributed by atoms with E-state index in [1.165, 1.54) is 13.2 Å². The molecular weight excluding hydrogens is 248 g/mol. The predicted octanol–water partition coefficient (Wildman–Crippen LogP) is 1.94. The number of methoxy groups -OCH3 is 1. The van der Waals surface area contributed by atoms with Gasteiger partial charge in [-0.15, -0.1) is 0 Å². The van der Waals surface area contributed by atoms with Crippen LogP contribution in [-0.2, 0) is 4.79 Å². The minimum absolute atomic E-state index is 0.0190. The van der Waals surface area contributed by atoms with Gasteiger partial charge in [0.25, 0.3) is 5.69 Å². The van der Waals surface area contributed by atoms with Crippen LogP contribution in [0.1, 0.15) is 24.3 Å². The zero-order valence-corrected chi connectivity index (χ0v) is 11.0. The Bertz CT molecular complexity index is 515. The third kappa shape index (κ3) is 2.52. The van der Waals surface area contributed by atoms with Crippen LogP contribution in [0.4, 0.5) is 5.69 Å². The number of piperidine rings is 1. The Morgan fingerprint density at radius 3 is 2.84 bits per heavy atom. The summed E-state index contributed by atoms with van der Waals surface area (Å²) in [5.74, 6) is 0.0125. The van der Waals surface area contributed by atoms with Gasteiger partial charge < -0.3 is 9.64 Å². The summed E-state index contributed by atoms with van der Waals surface area (Å²) < 4.78 is 5.09. The van der Waals surface area contributed by atoms with E-state index in [-0.39, 0.29) is 11.6 Å². The molecule has 19 heavy (non-hydrogen) atoms. The van der Waals surface area contributed by atoms with Gasteiger partial charge in [0, 0.05) is 25.2 Å². The van der Waals surface area contributed by atoms with E-state index in [2.05, 4.69) is 0 Å². The van der Waals surface area contributed by atoms with E-state index in [4.69, 9.17) is 4.74 Å². The smallest absolute Gasteiger partial charge is 0.273 e. The minimum atomic E-state index is -0.450. The number of nitro benzene ring substituents is 1. The Morgan fingerprint density at radius 1 is 1.47 bits per heavy atom. The van der Waals surface area contributed by atoms with Crippen LogP contribution in [0.2, 0.25) is 0 Å². The van der Waals surface area contributed by atoms with Crippen molar-refractivity contribution in [3.8, 4) is 5.75 Å². The fourth-order valence-corrected chi connectivity index (χ4v) is 2.43. The number of ether oxygens (including phenoxy) is 1. The van der Waals surface area contributed by atoms with E-state index in [9.17, 15) is 14.9 Å². The summed E-state index contributed by atoms with van der Waals surface area (Å²) in [6.45, 7) is 0.701. The van der Waals surface area contributed by atoms with E-state index in [0.717, 1.165) is 6.42 Å². The number of carbonyl (C=O) groups is 1. The van der Waals surface area contributed by atoms with Gasteiger partial charge >= 0.3 is 0 Å². The highest BCUT2D eigenvalue weighted by Gasteiger charge is 2.32. The molecule has 1 aromatic rings. The lowest BCUT2D eigenvalue weighted by molar-refractivity contribution is -0.385. The molecule has 1 saturated heterocycles. The molecular formula is C13H16N2O4. The Hall–Kier alpha value is -2.11. The lowest BCUT2D eigenvalue weighted by atomic mass is 9.88. The molecule has 1 aliphatic rings. The lowest BCUT2D eigenvalue weighted by Crippen LogP contribution is -2.37. The van der Waals surface area contributed by atoms with Gasteiger partial charge in [-0.2, -0.15) is 0 Å². The maximum absolute atomic E-state index is 12.2. The van der Waals surface area contributed by atoms with Crippen LogP contribution in [-0.4, -0.2) is 36.4 Å². The Balaban J connectivity index is 2.46. The highest BCUT2D eigenvalue weighted by atomic mass is 16.6. The molecule has 1 unspecified atom stereocenters. The second-order valence-corrected chi connectivity index (χ2v) is 4.64. The number of benzene rings is 1. The molecule has 6 heteroatoms. The van der Waals surface area contributed by atoms with Crippen LogP contribution >= 0.6 is 0 Å². The fourth-order valence-electron chi connectivity index (χ4n) is 2.43. The summed E-state index contributed by atoms with van der Waals surface area (Å²) in [4.78, 5) is 24.4. The number of rotatable bonds is 3. The first-order valence-electron chi connectivity index (χ1n) is 6.12. The molecule has 1 amide bonds. The van der Waals surface area contributed by atoms with Gasteiger partial charge in [-0.1, -0.05) is 0 Å². The van der Waals surface area contributed by atoms with Gasteiger partial charge in [0.1, 0.15) is 5.75 Å². The first-order valence-corrected chi connectivity index (χ1v) is 6.12. The van der Waals surface area contributed by atoms with Crippen molar-refractivity contribution in [1.29, 1.82) is 0 Å². The van der Waals surface area contributed by atoms with E-state index in [1.807, 2.05) is 0 Å². The Kier molecular flexibility index (Phi) is 3.69. The third-order valence-electron chi connectivity index (χ3n) is 3.47. The van der Waals surface area contributed by atoms with Gasteiger partial charge in [-0.3, -0.25) is 14.9 Å². The van der Waals surface area contributed by atoms with Crippen molar-refractivity contribution in [3.63, 3.8) is 0 Å². The first-order chi connectivity index (χ1) is 9.04. The molecule has 1 heterocycles. The van der Waals surface area contributed by atoms with Crippen LogP contribution in [0.5, 0.6) is 5.75 Å². The van der Waals surface area contributed by atoms with Crippen LogP contribution in [0.15, 0.2) is 18.2 Å². The first kappa shape index (κ1) is 13.3. The zero-order valence-electron chi connectivity index (χ0n) is 11.0. The Morgan fingerprint density at radius 2 is 2.21 bits per heavy atom. The fraction of sp³-hybridized carbons (Fsp3) is 0.462. The molecule has 0 bridgehead atoms. The summed E-state index contributed by atoms with van der Waals surface area (Å²) in [5.41, 5.74) is 0.426. The summed E-state index contributed by atoms with van der Waals surface area (Å²) in [5, 5.41) is 11.1. The van der Waals surface area contributed by atoms with Gasteiger partial charge in [0.15, 0.2) is 0 Å². The van der Waals surface area contributed by atoms with E-state index in [0.29, 0.717) is 24.3 Å². The summed E-state index contributed by atoms with van der Waals surface area (Å²) in [6.07, 6.45) is 1.48. The van der Waals surface area contributed by atoms with Gasteiger partial charge in [-0.05, 0) is 25.0 Å². The average molecular weight is 264 g/mol. The van der Waals surface area contributed by atoms with Crippen LogP contribution in [0, 0.1) is 10.1 Å². The molecule has 6 nitrogen and oxygen atoms in total. The molecule has 1 aliphatic heterocycles. The zero-order chi connectivity index (χ0) is 14.0. The quantitative estimate of drug-likeness (QED) is 0.617. The van der Waals surface area contributed by atoms with Crippen molar-refractivity contribution >= 4 is 11.6 Å². The molecule has 0 N–H and O–H groups in total. The second kappa shape index (κ2) is 5.26. The number of carbonyl (C=O) groups excluding carboxylic acids is 1. The number of amides is 1. The molecule has 1 aromatic carbocycles. The molecule has 0 radical (unpaired) electrons. The van der Waals surface area contributed by atoms with E-state index >= 15 is 0 Å². The maximum Gasteiger partial charge on any atom is 0.273 e. The standard InChI is InChI=1S/C13H16N2O4/c1-14-7-3-4-10(13(14)16)11-8-9(19-2)5-6-12(11)15(17)18/h5-6,8,10H,3-4,7H2,1-2H3. The van der Waals surface area contributed by atoms with Crippen LogP contribution in [0.25, 0.3) is 0 Å². The monoisotopic (exact) mass is 264 g/mol. The minimum Gasteiger partial charge on any atom is -0.497 e. The van der Waals surface area contributed by atoms with E-state index < -0.39 is 10.8 Å². The lowest BCUT2D eigenvalue weighted by Gasteiger charge is -2.29. The largest absolute Gasteiger partial charge is 0.497 e. The van der Waals surface area contributed by atoms with Crippen molar-refractivity contribution in [2.45, 2.75) is 18.8 Å². The molecule has 0 spiro atoms. The van der Waals surface area contributed by atoms with Crippen LogP contribution in [0.3, 0.4) is 0 Å². The normalized spacial score (nSPS) is 19.4. The Labute approximate surface area is 111 Å². The van der Waals surface area contributed by atoms with Crippen LogP contribution < -0.4 is 4.74 Å². The highest BCUT2D eigenvalue weighted by Crippen LogP contribution is 2.35. The topological polar surface area (TPSA) is 72.7 Å². The summed E-state index contributed by atoms with van der Waals surface area (Å²) in [7, 11) is 3.22. The molecule has 0 aromatic heterocycles. The van der Waals surface area contributed by atoms with Gasteiger partial charge in [0.05, 0.1) is 18.0 Å². The third-order valence-corrected chi connectivity index (χ3v) is 3.47. The molecule has 1 fully saturated rings. The SMILES string of the molecule is COc1ccc([N+](=O)[O-])c(C2CCCN(C)C2=O)c1. The van der Waals surface area contributed by atoms with Gasteiger partial charge in [-0.25, -0.2) is 0 Å². The van der Waals surface area contributed by atoms with E-state index in [1.54, 1.807) is 24.1 Å². The number of hydrogen-bond acceptors (Lipinski definition) is 4. The van der Waals surface area contributed by atoms with Crippen molar-refractivity contribution < 1.29 is 14.5 Å². The summed E-state index contributed by atoms with van der Waals surface area (Å²) in [6, 6.07) is 4.54. The van der Waals surface area contributed by atoms with Crippen molar-refractivity contribution in [2.75, 3.05) is 20.7 Å². The molecule has 1 atom stereocenters. The maximum atomic E-state index is 12.2. The summed E-state index contributed by atoms with van der Waals surface area (Å²) >= 11 is 0. The number of likely N-dealkylation sites (tertiary alicyclic amines) is 1. The number of nitrogens with zero attached hydrogens (tertiary/aromatic N) is 2. The average Bonchev–Trinajstić information content (AvgIpc) is 2.41. The number of hydrogen-bond donors (Lipinski definition) is 0. The molecule has 102 valence electrons. The molecule has 0 aliphatic carbocycles. The highest BCUT2D eigenvalue weighted by molar-refractivity contribution is 5.85. The number of nitro groups is 1. The molecule has 0 saturated carbocycles. The van der Waals surface area contributed by atoms with Crippen molar-refractivity contribution in [2.24, 2.45) is 0 Å².